The van der Waals surface area contributed by atoms with E-state index < -0.39 is 0 Å². The molecule has 1 amide bonds. The number of para-hydroxylation sites is 1. The van der Waals surface area contributed by atoms with Gasteiger partial charge in [0.1, 0.15) is 5.69 Å². The first-order valence-corrected chi connectivity index (χ1v) is 8.77. The molecule has 130 valence electrons. The van der Waals surface area contributed by atoms with Gasteiger partial charge in [0.05, 0.1) is 18.2 Å². The number of ether oxygens (including phenoxy) is 2. The average Bonchev–Trinajstić information content (AvgIpc) is 2.98. The van der Waals surface area contributed by atoms with E-state index in [9.17, 15) is 4.79 Å². The lowest BCUT2D eigenvalue weighted by atomic mass is 10.2. The van der Waals surface area contributed by atoms with Crippen LogP contribution in [0.2, 0.25) is 0 Å². The van der Waals surface area contributed by atoms with Crippen LogP contribution in [0.15, 0.2) is 46.9 Å². The molecule has 25 heavy (non-hydrogen) atoms. The molecule has 0 atom stereocenters. The van der Waals surface area contributed by atoms with Crippen molar-refractivity contribution in [2.75, 3.05) is 13.7 Å². The normalized spacial score (nSPS) is 10.7. The van der Waals surface area contributed by atoms with Crippen LogP contribution in [0.25, 0.3) is 10.9 Å². The number of carbonyl (C=O) groups is 1. The molecule has 6 heteroatoms. The highest BCUT2D eigenvalue weighted by molar-refractivity contribution is 9.10. The van der Waals surface area contributed by atoms with Crippen molar-refractivity contribution in [3.63, 3.8) is 0 Å². The standard InChI is InChI=1S/C19H19BrN2O3/c1-3-25-15-9-8-12(10-16(15)24-2)11-21-19(23)18-17(20)13-6-4-5-7-14(13)22-18/h4-10,22H,3,11H2,1-2H3,(H,21,23). The van der Waals surface area contributed by atoms with Gasteiger partial charge in [0.15, 0.2) is 11.5 Å². The molecule has 0 unspecified atom stereocenters. The molecule has 3 aromatic rings. The van der Waals surface area contributed by atoms with Crippen LogP contribution in [0.4, 0.5) is 0 Å². The van der Waals surface area contributed by atoms with Crippen molar-refractivity contribution in [2.24, 2.45) is 0 Å². The predicted octanol–water partition coefficient (Wildman–Crippen LogP) is 4.27. The van der Waals surface area contributed by atoms with E-state index in [1.54, 1.807) is 7.11 Å². The lowest BCUT2D eigenvalue weighted by molar-refractivity contribution is 0.0946. The maximum absolute atomic E-state index is 12.5. The number of aromatic amines is 1. The Morgan fingerprint density at radius 3 is 2.72 bits per heavy atom. The summed E-state index contributed by atoms with van der Waals surface area (Å²) in [6.07, 6.45) is 0. The Hall–Kier alpha value is -2.47. The summed E-state index contributed by atoms with van der Waals surface area (Å²) >= 11 is 3.50. The number of amides is 1. The van der Waals surface area contributed by atoms with Gasteiger partial charge >= 0.3 is 0 Å². The summed E-state index contributed by atoms with van der Waals surface area (Å²) in [5.74, 6) is 1.18. The number of hydrogen-bond acceptors (Lipinski definition) is 3. The van der Waals surface area contributed by atoms with Crippen molar-refractivity contribution in [3.05, 3.63) is 58.2 Å². The molecule has 2 aromatic carbocycles. The van der Waals surface area contributed by atoms with Gasteiger partial charge in [-0.1, -0.05) is 24.3 Å². The first kappa shape index (κ1) is 17.4. The second-order valence-corrected chi connectivity index (χ2v) is 6.25. The predicted molar refractivity (Wildman–Crippen MR) is 101 cm³/mol. The lowest BCUT2D eigenvalue weighted by Gasteiger charge is -2.11. The Labute approximate surface area is 154 Å². The van der Waals surface area contributed by atoms with Crippen LogP contribution < -0.4 is 14.8 Å². The molecule has 0 aliphatic rings. The molecule has 0 spiro atoms. The van der Waals surface area contributed by atoms with Crippen LogP contribution in [0, 0.1) is 0 Å². The number of nitrogens with one attached hydrogen (secondary N) is 2. The van der Waals surface area contributed by atoms with Gasteiger partial charge in [-0.2, -0.15) is 0 Å². The summed E-state index contributed by atoms with van der Waals surface area (Å²) in [7, 11) is 1.60. The zero-order valence-corrected chi connectivity index (χ0v) is 15.6. The molecule has 0 radical (unpaired) electrons. The quantitative estimate of drug-likeness (QED) is 0.646. The fourth-order valence-corrected chi connectivity index (χ4v) is 3.26. The monoisotopic (exact) mass is 402 g/mol. The number of benzene rings is 2. The summed E-state index contributed by atoms with van der Waals surface area (Å²) in [6.45, 7) is 2.88. The third-order valence-electron chi connectivity index (χ3n) is 3.85. The second kappa shape index (κ2) is 7.61. The number of rotatable bonds is 6. The molecule has 0 saturated carbocycles. The molecule has 1 heterocycles. The summed E-state index contributed by atoms with van der Waals surface area (Å²) in [6, 6.07) is 13.4. The van der Waals surface area contributed by atoms with Crippen LogP contribution >= 0.6 is 15.9 Å². The van der Waals surface area contributed by atoms with E-state index in [0.29, 0.717) is 30.3 Å². The number of hydrogen-bond donors (Lipinski definition) is 2. The van der Waals surface area contributed by atoms with Crippen LogP contribution in [0.1, 0.15) is 23.0 Å². The molecule has 3 rings (SSSR count). The number of fused-ring (bicyclic) bond motifs is 1. The van der Waals surface area contributed by atoms with Crippen molar-refractivity contribution >= 4 is 32.7 Å². The second-order valence-electron chi connectivity index (χ2n) is 5.46. The van der Waals surface area contributed by atoms with Gasteiger partial charge in [-0.25, -0.2) is 0 Å². The molecule has 0 saturated heterocycles. The third-order valence-corrected chi connectivity index (χ3v) is 4.67. The summed E-state index contributed by atoms with van der Waals surface area (Å²) in [5, 5.41) is 3.91. The number of H-pyrrole nitrogens is 1. The SMILES string of the molecule is CCOc1ccc(CNC(=O)c2[nH]c3ccccc3c2Br)cc1OC. The van der Waals surface area contributed by atoms with E-state index in [4.69, 9.17) is 9.47 Å². The van der Waals surface area contributed by atoms with E-state index in [1.807, 2.05) is 49.4 Å². The van der Waals surface area contributed by atoms with Crippen molar-refractivity contribution in [2.45, 2.75) is 13.5 Å². The fourth-order valence-electron chi connectivity index (χ4n) is 2.63. The Kier molecular flexibility index (Phi) is 5.28. The minimum absolute atomic E-state index is 0.170. The maximum atomic E-state index is 12.5. The Morgan fingerprint density at radius 2 is 2.00 bits per heavy atom. The van der Waals surface area contributed by atoms with Crippen molar-refractivity contribution in [3.8, 4) is 11.5 Å². The van der Waals surface area contributed by atoms with Crippen LogP contribution in [0.5, 0.6) is 11.5 Å². The Balaban J connectivity index is 1.74. The van der Waals surface area contributed by atoms with Crippen LogP contribution in [0.3, 0.4) is 0 Å². The number of aromatic nitrogens is 1. The lowest BCUT2D eigenvalue weighted by Crippen LogP contribution is -2.23. The summed E-state index contributed by atoms with van der Waals surface area (Å²) in [4.78, 5) is 15.6. The highest BCUT2D eigenvalue weighted by Gasteiger charge is 2.15. The van der Waals surface area contributed by atoms with Crippen molar-refractivity contribution < 1.29 is 14.3 Å². The summed E-state index contributed by atoms with van der Waals surface area (Å²) < 4.78 is 11.6. The molecule has 0 bridgehead atoms. The third kappa shape index (κ3) is 3.64. The number of carbonyl (C=O) groups excluding carboxylic acids is 1. The average molecular weight is 403 g/mol. The fraction of sp³-hybridized carbons (Fsp3) is 0.211. The van der Waals surface area contributed by atoms with Gasteiger partial charge in [-0.3, -0.25) is 4.79 Å². The molecule has 0 fully saturated rings. The number of halogens is 1. The van der Waals surface area contributed by atoms with Gasteiger partial charge in [0.25, 0.3) is 5.91 Å². The van der Waals surface area contributed by atoms with E-state index in [1.165, 1.54) is 0 Å². The highest BCUT2D eigenvalue weighted by atomic mass is 79.9. The van der Waals surface area contributed by atoms with E-state index in [2.05, 4.69) is 26.2 Å². The topological polar surface area (TPSA) is 63.3 Å². The first-order valence-electron chi connectivity index (χ1n) is 7.98. The molecule has 2 N–H and O–H groups in total. The van der Waals surface area contributed by atoms with E-state index >= 15 is 0 Å². The van der Waals surface area contributed by atoms with Gasteiger partial charge in [0, 0.05) is 17.4 Å². The van der Waals surface area contributed by atoms with E-state index in [0.717, 1.165) is 20.9 Å². The molecular formula is C19H19BrN2O3. The molecule has 0 aliphatic carbocycles. The van der Waals surface area contributed by atoms with Gasteiger partial charge in [-0.05, 0) is 46.6 Å². The minimum atomic E-state index is -0.170. The molecule has 5 nitrogen and oxygen atoms in total. The van der Waals surface area contributed by atoms with Crippen LogP contribution in [-0.4, -0.2) is 24.6 Å². The van der Waals surface area contributed by atoms with Gasteiger partial charge < -0.3 is 19.8 Å². The van der Waals surface area contributed by atoms with Crippen molar-refractivity contribution in [1.82, 2.24) is 10.3 Å². The Morgan fingerprint density at radius 1 is 1.20 bits per heavy atom. The van der Waals surface area contributed by atoms with Gasteiger partial charge in [-0.15, -0.1) is 0 Å². The molecule has 1 aromatic heterocycles. The van der Waals surface area contributed by atoms with E-state index in [-0.39, 0.29) is 5.91 Å². The smallest absolute Gasteiger partial charge is 0.269 e. The molecule has 0 aliphatic heterocycles. The minimum Gasteiger partial charge on any atom is -0.493 e. The van der Waals surface area contributed by atoms with Crippen LogP contribution in [-0.2, 0) is 6.54 Å². The zero-order valence-electron chi connectivity index (χ0n) is 14.1. The Bertz CT molecular complexity index is 905. The largest absolute Gasteiger partial charge is 0.493 e. The highest BCUT2D eigenvalue weighted by Crippen LogP contribution is 2.29. The van der Waals surface area contributed by atoms with Crippen molar-refractivity contribution in [1.29, 1.82) is 0 Å². The van der Waals surface area contributed by atoms with Gasteiger partial charge in [0.2, 0.25) is 0 Å². The number of methoxy groups -OCH3 is 1. The summed E-state index contributed by atoms with van der Waals surface area (Å²) in [5.41, 5.74) is 2.36. The molecular weight excluding hydrogens is 384 g/mol. The zero-order chi connectivity index (χ0) is 17.8. The maximum Gasteiger partial charge on any atom is 0.269 e. The first-order chi connectivity index (χ1) is 12.1.